The standard InChI is InChI=1S/C39H27Cl2F3IN5O8/c1-58-29-12-17(11-28(45)32(29)51)31-23-9-10-24-30(36(54)48(34(24)52)21-3-2-4-22(14-21)50(56)57)25(23)15-26-35(53)49(37(55)38(26,31)18-5-7-20(40)8-6-18)47-33-27(41)13-19(16-46-33)39(42,43)44/h2-9,11-14,16,24-26,30-31,51H,10,15H2,1H3,(H,46,47). The molecule has 2 aliphatic carbocycles. The van der Waals surface area contributed by atoms with Crippen LogP contribution in [0.25, 0.3) is 0 Å². The van der Waals surface area contributed by atoms with Gasteiger partial charge < -0.3 is 9.84 Å². The van der Waals surface area contributed by atoms with Crippen LogP contribution < -0.4 is 15.1 Å². The second-order valence-electron chi connectivity index (χ2n) is 14.3. The fourth-order valence-electron chi connectivity index (χ4n) is 9.07. The summed E-state index contributed by atoms with van der Waals surface area (Å²) in [7, 11) is 1.34. The number of benzene rings is 3. The average Bonchev–Trinajstić information content (AvgIpc) is 3.57. The molecule has 19 heteroatoms. The second kappa shape index (κ2) is 14.2. The number of carbonyl (C=O) groups is 4. The normalized spacial score (nSPS) is 25.3. The van der Waals surface area contributed by atoms with Crippen molar-refractivity contribution in [1.82, 2.24) is 9.99 Å². The Kier molecular flexibility index (Phi) is 9.70. The summed E-state index contributed by atoms with van der Waals surface area (Å²) in [4.78, 5) is 74.6. The number of ether oxygens (including phenoxy) is 1. The highest BCUT2D eigenvalue weighted by Crippen LogP contribution is 2.65. The Bertz CT molecular complexity index is 2510. The quantitative estimate of drug-likeness (QED) is 0.0612. The van der Waals surface area contributed by atoms with Crippen molar-refractivity contribution in [1.29, 1.82) is 0 Å². The number of amides is 4. The van der Waals surface area contributed by atoms with Gasteiger partial charge in [-0.3, -0.25) is 34.7 Å². The molecule has 2 aliphatic heterocycles. The highest BCUT2D eigenvalue weighted by atomic mass is 127. The molecule has 2 saturated heterocycles. The molecule has 0 spiro atoms. The van der Waals surface area contributed by atoms with Gasteiger partial charge in [-0.25, -0.2) is 9.88 Å². The van der Waals surface area contributed by atoms with Gasteiger partial charge in [0, 0.05) is 29.3 Å². The number of fused-ring (bicyclic) bond motifs is 4. The van der Waals surface area contributed by atoms with Gasteiger partial charge in [0.05, 0.1) is 55.0 Å². The Morgan fingerprint density at radius 1 is 1.02 bits per heavy atom. The van der Waals surface area contributed by atoms with Gasteiger partial charge in [-0.05, 0) is 88.9 Å². The molecule has 4 amide bonds. The molecular weight excluding hydrogens is 921 g/mol. The lowest BCUT2D eigenvalue weighted by Gasteiger charge is -2.50. The van der Waals surface area contributed by atoms with Gasteiger partial charge in [0.15, 0.2) is 17.3 Å². The minimum Gasteiger partial charge on any atom is -0.504 e. The van der Waals surface area contributed by atoms with Gasteiger partial charge in [0.2, 0.25) is 11.8 Å². The van der Waals surface area contributed by atoms with Crippen LogP contribution in [0, 0.1) is 37.4 Å². The summed E-state index contributed by atoms with van der Waals surface area (Å²) in [6, 6.07) is 15.1. The molecule has 0 bridgehead atoms. The van der Waals surface area contributed by atoms with E-state index in [0.717, 1.165) is 11.0 Å². The lowest BCUT2D eigenvalue weighted by atomic mass is 9.49. The molecule has 13 nitrogen and oxygen atoms in total. The van der Waals surface area contributed by atoms with Crippen LogP contribution >= 0.6 is 45.8 Å². The molecule has 1 aromatic heterocycles. The van der Waals surface area contributed by atoms with Crippen molar-refractivity contribution in [2.24, 2.45) is 23.7 Å². The van der Waals surface area contributed by atoms with Crippen LogP contribution in [0.15, 0.2) is 84.6 Å². The van der Waals surface area contributed by atoms with E-state index in [9.17, 15) is 42.8 Å². The van der Waals surface area contributed by atoms with Crippen molar-refractivity contribution in [3.8, 4) is 11.5 Å². The maximum Gasteiger partial charge on any atom is 0.417 e. The Labute approximate surface area is 350 Å². The molecule has 1 saturated carbocycles. The van der Waals surface area contributed by atoms with E-state index in [4.69, 9.17) is 27.9 Å². The first-order chi connectivity index (χ1) is 27.5. The number of nitrogens with zero attached hydrogens (tertiary/aromatic N) is 4. The number of allylic oxidation sites excluding steroid dienone is 2. The number of phenols is 1. The number of aromatic nitrogens is 1. The number of aromatic hydroxyl groups is 1. The number of nitrogens with one attached hydrogen (secondary N) is 1. The van der Waals surface area contributed by atoms with E-state index in [1.54, 1.807) is 24.3 Å². The highest BCUT2D eigenvalue weighted by Gasteiger charge is 2.70. The fourth-order valence-corrected chi connectivity index (χ4v) is 10.0. The minimum atomic E-state index is -4.79. The SMILES string of the molecule is COc1cc(C2C3=CCC4C(=O)N(c5cccc([N+](=O)[O-])c5)C(=O)C4C3CC3C(=O)N(Nc4ncc(C(F)(F)F)cc4Cl)C(=O)C32c2ccc(Cl)cc2)cc(I)c1O. The number of hydrogen-bond acceptors (Lipinski definition) is 10. The van der Waals surface area contributed by atoms with Gasteiger partial charge in [-0.1, -0.05) is 53.1 Å². The first-order valence-corrected chi connectivity index (χ1v) is 19.3. The number of hydrogen-bond donors (Lipinski definition) is 2. The largest absolute Gasteiger partial charge is 0.504 e. The number of imide groups is 2. The summed E-state index contributed by atoms with van der Waals surface area (Å²) in [5.41, 5.74) is 0.513. The maximum atomic E-state index is 15.4. The predicted octanol–water partition coefficient (Wildman–Crippen LogP) is 7.82. The molecule has 58 heavy (non-hydrogen) atoms. The van der Waals surface area contributed by atoms with Crippen molar-refractivity contribution < 1.29 is 47.1 Å². The van der Waals surface area contributed by atoms with E-state index in [0.29, 0.717) is 42.6 Å². The van der Waals surface area contributed by atoms with E-state index in [-0.39, 0.29) is 35.7 Å². The summed E-state index contributed by atoms with van der Waals surface area (Å²) in [6.07, 6.45) is -2.63. The lowest BCUT2D eigenvalue weighted by Crippen LogP contribution is -2.53. The number of alkyl halides is 3. The second-order valence-corrected chi connectivity index (χ2v) is 16.3. The zero-order valence-electron chi connectivity index (χ0n) is 29.7. The number of pyridine rings is 1. The summed E-state index contributed by atoms with van der Waals surface area (Å²) in [5, 5.41) is 23.0. The van der Waals surface area contributed by atoms with Crippen molar-refractivity contribution in [2.75, 3.05) is 17.4 Å². The molecule has 3 aromatic carbocycles. The first-order valence-electron chi connectivity index (χ1n) is 17.5. The van der Waals surface area contributed by atoms with E-state index >= 15 is 4.79 Å². The number of hydrazine groups is 1. The maximum absolute atomic E-state index is 15.4. The summed E-state index contributed by atoms with van der Waals surface area (Å²) in [6.45, 7) is 0. The molecular formula is C39H27Cl2F3IN5O8. The van der Waals surface area contributed by atoms with E-state index in [2.05, 4.69) is 10.4 Å². The van der Waals surface area contributed by atoms with Gasteiger partial charge in [0.25, 0.3) is 17.5 Å². The zero-order chi connectivity index (χ0) is 41.6. The van der Waals surface area contributed by atoms with Crippen molar-refractivity contribution in [3.05, 3.63) is 125 Å². The minimum absolute atomic E-state index is 0.00395. The number of non-ortho nitro benzene ring substituents is 1. The van der Waals surface area contributed by atoms with Crippen LogP contribution in [-0.4, -0.2) is 50.8 Å². The average molecular weight is 948 g/mol. The highest BCUT2D eigenvalue weighted by molar-refractivity contribution is 14.1. The molecule has 4 aliphatic rings. The molecule has 8 rings (SSSR count). The lowest BCUT2D eigenvalue weighted by molar-refractivity contribution is -0.384. The van der Waals surface area contributed by atoms with Crippen LogP contribution in [-0.2, 0) is 30.8 Å². The Morgan fingerprint density at radius 3 is 2.40 bits per heavy atom. The van der Waals surface area contributed by atoms with E-state index < -0.39 is 86.1 Å². The van der Waals surface area contributed by atoms with E-state index in [1.807, 2.05) is 22.6 Å². The van der Waals surface area contributed by atoms with Crippen LogP contribution in [0.5, 0.6) is 11.5 Å². The Hall–Kier alpha value is -5.27. The zero-order valence-corrected chi connectivity index (χ0v) is 33.3. The van der Waals surface area contributed by atoms with Crippen molar-refractivity contribution in [2.45, 2.75) is 30.4 Å². The van der Waals surface area contributed by atoms with Crippen LogP contribution in [0.2, 0.25) is 10.0 Å². The molecule has 6 atom stereocenters. The topological polar surface area (TPSA) is 172 Å². The molecule has 6 unspecified atom stereocenters. The number of nitro groups is 1. The van der Waals surface area contributed by atoms with Gasteiger partial charge in [0.1, 0.15) is 0 Å². The Balaban J connectivity index is 1.33. The molecule has 298 valence electrons. The number of anilines is 2. The number of rotatable bonds is 7. The third-order valence-corrected chi connectivity index (χ3v) is 12.8. The van der Waals surface area contributed by atoms with Gasteiger partial charge in [-0.15, -0.1) is 0 Å². The third kappa shape index (κ3) is 5.99. The molecule has 3 fully saturated rings. The van der Waals surface area contributed by atoms with Crippen LogP contribution in [0.1, 0.15) is 35.4 Å². The summed E-state index contributed by atoms with van der Waals surface area (Å²) >= 11 is 14.5. The van der Waals surface area contributed by atoms with Gasteiger partial charge >= 0.3 is 6.18 Å². The fraction of sp³-hybridized carbons (Fsp3) is 0.256. The van der Waals surface area contributed by atoms with Gasteiger partial charge in [-0.2, -0.15) is 18.2 Å². The Morgan fingerprint density at radius 2 is 1.74 bits per heavy atom. The molecule has 4 aromatic rings. The smallest absolute Gasteiger partial charge is 0.417 e. The van der Waals surface area contributed by atoms with Crippen LogP contribution in [0.4, 0.5) is 30.4 Å². The summed E-state index contributed by atoms with van der Waals surface area (Å²) in [5.74, 6) is -8.67. The number of carbonyl (C=O) groups excluding carboxylic acids is 4. The number of phenolic OH excluding ortho intramolecular Hbond substituents is 1. The first kappa shape index (κ1) is 39.6. The monoisotopic (exact) mass is 947 g/mol. The predicted molar refractivity (Wildman–Crippen MR) is 210 cm³/mol. The molecule has 3 heterocycles. The molecule has 0 radical (unpaired) electrons. The van der Waals surface area contributed by atoms with Crippen LogP contribution in [0.3, 0.4) is 0 Å². The van der Waals surface area contributed by atoms with Crippen molar-refractivity contribution >= 4 is 86.6 Å². The van der Waals surface area contributed by atoms with E-state index in [1.165, 1.54) is 43.5 Å². The number of methoxy groups -OCH3 is 1. The number of halogens is 6. The van der Waals surface area contributed by atoms with Crippen molar-refractivity contribution in [3.63, 3.8) is 0 Å². The molecule has 2 N–H and O–H groups in total. The summed E-state index contributed by atoms with van der Waals surface area (Å²) < 4.78 is 46.4. The third-order valence-electron chi connectivity index (χ3n) is 11.5. The number of nitro benzene ring substituents is 1.